The van der Waals surface area contributed by atoms with Crippen LogP contribution in [0.15, 0.2) is 12.5 Å². The number of hydrogen-bond donors (Lipinski definition) is 0. The van der Waals surface area contributed by atoms with E-state index in [1.54, 1.807) is 17.2 Å². The van der Waals surface area contributed by atoms with E-state index in [1.165, 1.54) is 0 Å². The standard InChI is InChI=1S/C5H8N3/c1-5-3-7-8(2)4-6-5/h3-4H,1-2H3/q+1. The van der Waals surface area contributed by atoms with Crippen molar-refractivity contribution in [2.45, 2.75) is 6.92 Å². The van der Waals surface area contributed by atoms with Crippen molar-refractivity contribution in [1.29, 1.82) is 0 Å². The van der Waals surface area contributed by atoms with E-state index >= 15 is 0 Å². The Morgan fingerprint density at radius 2 is 2.38 bits per heavy atom. The van der Waals surface area contributed by atoms with E-state index in [0.717, 1.165) is 5.69 Å². The van der Waals surface area contributed by atoms with Crippen molar-refractivity contribution in [2.24, 2.45) is 7.05 Å². The second-order valence-corrected chi connectivity index (χ2v) is 1.70. The lowest BCUT2D eigenvalue weighted by Gasteiger charge is -1.81. The first-order valence-electron chi connectivity index (χ1n) is 2.43. The van der Waals surface area contributed by atoms with Crippen molar-refractivity contribution in [2.75, 3.05) is 0 Å². The summed E-state index contributed by atoms with van der Waals surface area (Å²) in [5.74, 6) is 0. The van der Waals surface area contributed by atoms with Crippen molar-refractivity contribution in [3.63, 3.8) is 0 Å². The van der Waals surface area contributed by atoms with Gasteiger partial charge in [-0.3, -0.25) is 0 Å². The van der Waals surface area contributed by atoms with E-state index in [2.05, 4.69) is 10.1 Å². The highest BCUT2D eigenvalue weighted by molar-refractivity contribution is 4.82. The van der Waals surface area contributed by atoms with Gasteiger partial charge in [0.2, 0.25) is 0 Å². The predicted octanol–water partition coefficient (Wildman–Crippen LogP) is -0.390. The molecule has 0 N–H and O–H groups in total. The second kappa shape index (κ2) is 1.86. The Hall–Kier alpha value is -0.990. The third-order valence-electron chi connectivity index (χ3n) is 0.855. The monoisotopic (exact) mass is 110 g/mol. The fourth-order valence-electron chi connectivity index (χ4n) is 0.412. The number of rotatable bonds is 0. The van der Waals surface area contributed by atoms with Crippen LogP contribution in [0.2, 0.25) is 0 Å². The normalized spacial score (nSPS) is 9.25. The van der Waals surface area contributed by atoms with Crippen LogP contribution >= 0.6 is 0 Å². The lowest BCUT2D eigenvalue weighted by molar-refractivity contribution is -0.733. The van der Waals surface area contributed by atoms with E-state index in [9.17, 15) is 0 Å². The highest BCUT2D eigenvalue weighted by Gasteiger charge is 1.91. The molecule has 0 aliphatic heterocycles. The fourth-order valence-corrected chi connectivity index (χ4v) is 0.412. The maximum absolute atomic E-state index is 3.98. The minimum absolute atomic E-state index is 0.947. The van der Waals surface area contributed by atoms with Gasteiger partial charge in [0, 0.05) is 6.92 Å². The Balaban J connectivity index is 3.03. The summed E-state index contributed by atoms with van der Waals surface area (Å²) >= 11 is 0. The lowest BCUT2D eigenvalue weighted by Crippen LogP contribution is -2.32. The van der Waals surface area contributed by atoms with Crippen LogP contribution in [0, 0.1) is 6.92 Å². The summed E-state index contributed by atoms with van der Waals surface area (Å²) in [5.41, 5.74) is 0.947. The van der Waals surface area contributed by atoms with Crippen molar-refractivity contribution in [3.05, 3.63) is 18.2 Å². The van der Waals surface area contributed by atoms with Crippen LogP contribution in [0.4, 0.5) is 0 Å². The zero-order valence-corrected chi connectivity index (χ0v) is 5.00. The Bertz CT molecular complexity index is 147. The van der Waals surface area contributed by atoms with Crippen LogP contribution < -0.4 is 4.68 Å². The molecule has 0 unspecified atom stereocenters. The summed E-state index contributed by atoms with van der Waals surface area (Å²) in [5, 5.41) is 3.93. The van der Waals surface area contributed by atoms with Gasteiger partial charge in [-0.2, -0.15) is 0 Å². The summed E-state index contributed by atoms with van der Waals surface area (Å²) in [6, 6.07) is 0. The van der Waals surface area contributed by atoms with Crippen LogP contribution in [-0.2, 0) is 7.05 Å². The van der Waals surface area contributed by atoms with Crippen LogP contribution in [-0.4, -0.2) is 10.1 Å². The molecule has 0 atom stereocenters. The van der Waals surface area contributed by atoms with Crippen molar-refractivity contribution in [1.82, 2.24) is 10.1 Å². The van der Waals surface area contributed by atoms with Gasteiger partial charge in [-0.15, -0.1) is 4.68 Å². The van der Waals surface area contributed by atoms with E-state index < -0.39 is 0 Å². The van der Waals surface area contributed by atoms with E-state index in [1.807, 2.05) is 14.0 Å². The SMILES string of the molecule is Cc1cn[n+](C)cn1. The Morgan fingerprint density at radius 1 is 1.62 bits per heavy atom. The third kappa shape index (κ3) is 0.992. The highest BCUT2D eigenvalue weighted by Crippen LogP contribution is 1.77. The molecule has 1 heterocycles. The van der Waals surface area contributed by atoms with Gasteiger partial charge in [0.1, 0.15) is 13.2 Å². The Morgan fingerprint density at radius 3 is 2.75 bits per heavy atom. The molecule has 42 valence electrons. The predicted molar refractivity (Wildman–Crippen MR) is 27.9 cm³/mol. The van der Waals surface area contributed by atoms with Gasteiger partial charge >= 0.3 is 6.33 Å². The van der Waals surface area contributed by atoms with Gasteiger partial charge in [0.05, 0.1) is 0 Å². The smallest absolute Gasteiger partial charge is 0.140 e. The van der Waals surface area contributed by atoms with Gasteiger partial charge in [0.15, 0.2) is 5.69 Å². The summed E-state index contributed by atoms with van der Waals surface area (Å²) < 4.78 is 1.66. The summed E-state index contributed by atoms with van der Waals surface area (Å²) in [7, 11) is 1.84. The molecular formula is C5H8N3+. The quantitative estimate of drug-likeness (QED) is 0.426. The molecule has 0 aromatic carbocycles. The fraction of sp³-hybridized carbons (Fsp3) is 0.400. The molecule has 1 aromatic heterocycles. The van der Waals surface area contributed by atoms with Crippen molar-refractivity contribution < 1.29 is 4.68 Å². The molecule has 1 aromatic rings. The van der Waals surface area contributed by atoms with Gasteiger partial charge in [-0.25, -0.2) is 0 Å². The minimum Gasteiger partial charge on any atom is -0.140 e. The van der Waals surface area contributed by atoms with Crippen molar-refractivity contribution in [3.8, 4) is 0 Å². The Labute approximate surface area is 48.0 Å². The molecule has 0 radical (unpaired) electrons. The van der Waals surface area contributed by atoms with E-state index in [4.69, 9.17) is 0 Å². The average Bonchev–Trinajstić information content (AvgIpc) is 1.77. The van der Waals surface area contributed by atoms with Crippen LogP contribution in [0.5, 0.6) is 0 Å². The van der Waals surface area contributed by atoms with Crippen LogP contribution in [0.3, 0.4) is 0 Å². The molecular weight excluding hydrogens is 102 g/mol. The molecule has 1 rings (SSSR count). The van der Waals surface area contributed by atoms with Crippen molar-refractivity contribution >= 4 is 0 Å². The minimum atomic E-state index is 0.947. The highest BCUT2D eigenvalue weighted by atomic mass is 15.3. The third-order valence-corrected chi connectivity index (χ3v) is 0.855. The summed E-state index contributed by atoms with van der Waals surface area (Å²) in [4.78, 5) is 3.98. The summed E-state index contributed by atoms with van der Waals surface area (Å²) in [6.07, 6.45) is 3.40. The number of hydrogen-bond acceptors (Lipinski definition) is 2. The number of nitrogens with zero attached hydrogens (tertiary/aromatic N) is 3. The zero-order chi connectivity index (χ0) is 5.98. The van der Waals surface area contributed by atoms with E-state index in [-0.39, 0.29) is 0 Å². The topological polar surface area (TPSA) is 29.7 Å². The molecule has 8 heavy (non-hydrogen) atoms. The molecule has 3 nitrogen and oxygen atoms in total. The van der Waals surface area contributed by atoms with E-state index in [0.29, 0.717) is 0 Å². The molecule has 0 fully saturated rings. The maximum Gasteiger partial charge on any atom is 0.306 e. The molecule has 0 bridgehead atoms. The molecule has 0 aliphatic rings. The van der Waals surface area contributed by atoms with Gasteiger partial charge in [-0.1, -0.05) is 10.1 Å². The number of aryl methyl sites for hydroxylation is 2. The molecule has 3 heteroatoms. The molecule has 0 amide bonds. The van der Waals surface area contributed by atoms with Crippen LogP contribution in [0.25, 0.3) is 0 Å². The van der Waals surface area contributed by atoms with Gasteiger partial charge < -0.3 is 0 Å². The maximum atomic E-state index is 3.98. The average molecular weight is 110 g/mol. The summed E-state index contributed by atoms with van der Waals surface area (Å²) in [6.45, 7) is 1.91. The second-order valence-electron chi connectivity index (χ2n) is 1.70. The first-order chi connectivity index (χ1) is 3.79. The first kappa shape index (κ1) is 5.15. The molecule has 0 spiro atoms. The zero-order valence-electron chi connectivity index (χ0n) is 5.00. The largest absolute Gasteiger partial charge is 0.306 e. The molecule has 0 saturated carbocycles. The number of aromatic nitrogens is 3. The molecule has 0 aliphatic carbocycles. The van der Waals surface area contributed by atoms with Crippen LogP contribution in [0.1, 0.15) is 5.69 Å². The van der Waals surface area contributed by atoms with Gasteiger partial charge in [-0.05, 0) is 0 Å². The lowest BCUT2D eigenvalue weighted by atomic mass is 10.5. The van der Waals surface area contributed by atoms with Gasteiger partial charge in [0.25, 0.3) is 0 Å². The Kier molecular flexibility index (Phi) is 1.20. The molecule has 0 saturated heterocycles. The first-order valence-corrected chi connectivity index (χ1v) is 2.43.